The summed E-state index contributed by atoms with van der Waals surface area (Å²) in [6, 6.07) is 3.94. The minimum absolute atomic E-state index is 0.0198. The molecule has 0 heterocycles. The first-order chi connectivity index (χ1) is 9.99. The first-order valence-corrected chi connectivity index (χ1v) is 7.69. The molecule has 1 aromatic rings. The van der Waals surface area contributed by atoms with Gasteiger partial charge in [0.15, 0.2) is 0 Å². The van der Waals surface area contributed by atoms with Crippen LogP contribution in [0.25, 0.3) is 0 Å². The first-order valence-electron chi connectivity index (χ1n) is 6.77. The Bertz CT molecular complexity index is 503. The molecule has 0 aliphatic carbocycles. The lowest BCUT2D eigenvalue weighted by molar-refractivity contribution is -0.385. The summed E-state index contributed by atoms with van der Waals surface area (Å²) in [6.45, 7) is 2.51. The molecule has 1 rings (SSSR count). The molecule has 0 fully saturated rings. The Hall–Kier alpha value is -1.33. The summed E-state index contributed by atoms with van der Waals surface area (Å²) < 4.78 is 0. The van der Waals surface area contributed by atoms with Crippen molar-refractivity contribution in [2.45, 2.75) is 26.2 Å². The van der Waals surface area contributed by atoms with Crippen molar-refractivity contribution in [3.63, 3.8) is 0 Å². The van der Waals surface area contributed by atoms with Gasteiger partial charge >= 0.3 is 0 Å². The fraction of sp³-hybridized carbons (Fsp3) is 0.500. The van der Waals surface area contributed by atoms with E-state index in [1.165, 1.54) is 18.2 Å². The van der Waals surface area contributed by atoms with Crippen LogP contribution in [0, 0.1) is 16.0 Å². The molecule has 0 aromatic heterocycles. The van der Waals surface area contributed by atoms with Crippen molar-refractivity contribution in [2.75, 3.05) is 12.4 Å². The van der Waals surface area contributed by atoms with Gasteiger partial charge in [0.2, 0.25) is 0 Å². The van der Waals surface area contributed by atoms with Crippen molar-refractivity contribution in [2.24, 2.45) is 5.92 Å². The highest BCUT2D eigenvalue weighted by Crippen LogP contribution is 2.22. The molecular weight excluding hydrogens is 315 g/mol. The van der Waals surface area contributed by atoms with Crippen LogP contribution in [-0.4, -0.2) is 23.3 Å². The second-order valence-electron chi connectivity index (χ2n) is 4.76. The van der Waals surface area contributed by atoms with Gasteiger partial charge in [-0.05, 0) is 30.9 Å². The first kappa shape index (κ1) is 17.7. The number of nitro benzene ring substituents is 1. The lowest BCUT2D eigenvalue weighted by atomic mass is 10.0. The number of nitrogens with one attached hydrogen (secondary N) is 1. The van der Waals surface area contributed by atoms with E-state index in [0.717, 1.165) is 19.3 Å². The van der Waals surface area contributed by atoms with Gasteiger partial charge in [0.05, 0.1) is 4.92 Å². The van der Waals surface area contributed by atoms with Crippen LogP contribution in [0.3, 0.4) is 0 Å². The molecule has 0 radical (unpaired) electrons. The number of hydrogen-bond acceptors (Lipinski definition) is 3. The number of amides is 1. The highest BCUT2D eigenvalue weighted by atomic mass is 35.5. The number of hydrogen-bond donors (Lipinski definition) is 1. The summed E-state index contributed by atoms with van der Waals surface area (Å²) in [5.41, 5.74) is -0.269. The number of carbonyl (C=O) groups excluding carboxylic acids is 1. The Labute approximate surface area is 133 Å². The number of halogens is 2. The number of benzene rings is 1. The topological polar surface area (TPSA) is 72.2 Å². The molecule has 0 saturated heterocycles. The maximum atomic E-state index is 12.1. The van der Waals surface area contributed by atoms with Crippen molar-refractivity contribution < 1.29 is 9.72 Å². The fourth-order valence-corrected chi connectivity index (χ4v) is 2.57. The minimum atomic E-state index is -0.590. The van der Waals surface area contributed by atoms with Gasteiger partial charge in [0.1, 0.15) is 5.56 Å². The SMILES string of the molecule is CCCC(CCCl)CNC(=O)c1cc(Cl)ccc1[N+](=O)[O-]. The van der Waals surface area contributed by atoms with Crippen molar-refractivity contribution >= 4 is 34.8 Å². The Morgan fingerprint density at radius 2 is 2.14 bits per heavy atom. The van der Waals surface area contributed by atoms with E-state index < -0.39 is 10.8 Å². The number of rotatable bonds is 8. The molecule has 0 spiro atoms. The Morgan fingerprint density at radius 3 is 2.71 bits per heavy atom. The number of nitrogens with zero attached hydrogens (tertiary/aromatic N) is 1. The van der Waals surface area contributed by atoms with E-state index in [9.17, 15) is 14.9 Å². The minimum Gasteiger partial charge on any atom is -0.352 e. The van der Waals surface area contributed by atoms with Crippen molar-refractivity contribution in [3.8, 4) is 0 Å². The zero-order valence-electron chi connectivity index (χ0n) is 11.8. The van der Waals surface area contributed by atoms with Gasteiger partial charge in [-0.1, -0.05) is 24.9 Å². The Morgan fingerprint density at radius 1 is 1.43 bits per heavy atom. The van der Waals surface area contributed by atoms with Crippen LogP contribution in [0.5, 0.6) is 0 Å². The highest BCUT2D eigenvalue weighted by molar-refractivity contribution is 6.31. The molecule has 0 saturated carbocycles. The second-order valence-corrected chi connectivity index (χ2v) is 5.58. The normalized spacial score (nSPS) is 12.0. The van der Waals surface area contributed by atoms with E-state index in [4.69, 9.17) is 23.2 Å². The quantitative estimate of drug-likeness (QED) is 0.444. The van der Waals surface area contributed by atoms with Crippen molar-refractivity contribution in [3.05, 3.63) is 38.9 Å². The standard InChI is InChI=1S/C14H18Cl2N2O3/c1-2-3-10(6-7-15)9-17-14(19)12-8-11(16)4-5-13(12)18(20)21/h4-5,8,10H,2-3,6-7,9H2,1H3,(H,17,19). The Balaban J connectivity index is 2.79. The monoisotopic (exact) mass is 332 g/mol. The summed E-state index contributed by atoms with van der Waals surface area (Å²) in [7, 11) is 0. The summed E-state index contributed by atoms with van der Waals surface area (Å²) in [5, 5.41) is 14.0. The van der Waals surface area contributed by atoms with Crippen molar-refractivity contribution in [1.82, 2.24) is 5.32 Å². The molecule has 7 heteroatoms. The summed E-state index contributed by atoms with van der Waals surface area (Å²) in [4.78, 5) is 22.5. The summed E-state index contributed by atoms with van der Waals surface area (Å²) in [6.07, 6.45) is 2.74. The van der Waals surface area contributed by atoms with Crippen LogP contribution >= 0.6 is 23.2 Å². The molecule has 1 N–H and O–H groups in total. The second kappa shape index (κ2) is 8.85. The van der Waals surface area contributed by atoms with Gasteiger partial charge < -0.3 is 5.32 Å². The van der Waals surface area contributed by atoms with Gasteiger partial charge in [-0.25, -0.2) is 0 Å². The zero-order valence-corrected chi connectivity index (χ0v) is 13.3. The molecule has 1 unspecified atom stereocenters. The lowest BCUT2D eigenvalue weighted by Gasteiger charge is -2.15. The van der Waals surface area contributed by atoms with Crippen LogP contribution in [-0.2, 0) is 0 Å². The van der Waals surface area contributed by atoms with E-state index in [1.807, 2.05) is 0 Å². The maximum Gasteiger partial charge on any atom is 0.282 e. The predicted molar refractivity (Wildman–Crippen MR) is 84.2 cm³/mol. The van der Waals surface area contributed by atoms with E-state index in [-0.39, 0.29) is 22.2 Å². The van der Waals surface area contributed by atoms with E-state index >= 15 is 0 Å². The molecule has 1 atom stereocenters. The van der Waals surface area contributed by atoms with Gasteiger partial charge in [-0.15, -0.1) is 11.6 Å². The van der Waals surface area contributed by atoms with Crippen molar-refractivity contribution in [1.29, 1.82) is 0 Å². The average molecular weight is 333 g/mol. The number of nitro groups is 1. The average Bonchev–Trinajstić information content (AvgIpc) is 2.44. The zero-order chi connectivity index (χ0) is 15.8. The van der Waals surface area contributed by atoms with Gasteiger partial charge in [-0.2, -0.15) is 0 Å². The molecule has 0 aliphatic rings. The molecular formula is C14H18Cl2N2O3. The lowest BCUT2D eigenvalue weighted by Crippen LogP contribution is -2.30. The fourth-order valence-electron chi connectivity index (χ4n) is 2.09. The molecule has 1 amide bonds. The van der Waals surface area contributed by atoms with E-state index in [2.05, 4.69) is 12.2 Å². The molecule has 5 nitrogen and oxygen atoms in total. The maximum absolute atomic E-state index is 12.1. The third-order valence-corrected chi connectivity index (χ3v) is 3.62. The summed E-state index contributed by atoms with van der Waals surface area (Å²) in [5.74, 6) is 0.312. The highest BCUT2D eigenvalue weighted by Gasteiger charge is 2.21. The van der Waals surface area contributed by atoms with Gasteiger partial charge in [0.25, 0.3) is 11.6 Å². The third kappa shape index (κ3) is 5.52. The Kier molecular flexibility index (Phi) is 7.47. The number of carbonyl (C=O) groups is 1. The third-order valence-electron chi connectivity index (χ3n) is 3.17. The van der Waals surface area contributed by atoms with Crippen LogP contribution < -0.4 is 5.32 Å². The molecule has 1 aromatic carbocycles. The largest absolute Gasteiger partial charge is 0.352 e. The molecule has 0 bridgehead atoms. The predicted octanol–water partition coefficient (Wildman–Crippen LogP) is 4.02. The van der Waals surface area contributed by atoms with E-state index in [0.29, 0.717) is 12.4 Å². The van der Waals surface area contributed by atoms with E-state index in [1.54, 1.807) is 0 Å². The van der Waals surface area contributed by atoms with Crippen LogP contribution in [0.1, 0.15) is 36.5 Å². The van der Waals surface area contributed by atoms with Crippen LogP contribution in [0.15, 0.2) is 18.2 Å². The van der Waals surface area contributed by atoms with Gasteiger partial charge in [-0.3, -0.25) is 14.9 Å². The number of alkyl halides is 1. The molecule has 21 heavy (non-hydrogen) atoms. The van der Waals surface area contributed by atoms with Crippen LogP contribution in [0.2, 0.25) is 5.02 Å². The molecule has 116 valence electrons. The molecule has 0 aliphatic heterocycles. The smallest absolute Gasteiger partial charge is 0.282 e. The van der Waals surface area contributed by atoms with Crippen LogP contribution in [0.4, 0.5) is 5.69 Å². The van der Waals surface area contributed by atoms with Gasteiger partial charge in [0, 0.05) is 23.5 Å². The summed E-state index contributed by atoms with van der Waals surface area (Å²) >= 11 is 11.5.